The van der Waals surface area contributed by atoms with Crippen LogP contribution in [0.1, 0.15) is 66.7 Å². The summed E-state index contributed by atoms with van der Waals surface area (Å²) in [6, 6.07) is 1.48. The molecule has 3 atom stereocenters. The predicted molar refractivity (Wildman–Crippen MR) is 88.0 cm³/mol. The van der Waals surface area contributed by atoms with E-state index in [0.717, 1.165) is 23.9 Å². The summed E-state index contributed by atoms with van der Waals surface area (Å²) in [7, 11) is 0. The molecule has 1 aliphatic heterocycles. The van der Waals surface area contributed by atoms with Gasteiger partial charge in [0.1, 0.15) is 0 Å². The van der Waals surface area contributed by atoms with E-state index in [2.05, 4.69) is 44.8 Å². The molecule has 118 valence electrons. The van der Waals surface area contributed by atoms with Crippen molar-refractivity contribution < 1.29 is 0 Å². The van der Waals surface area contributed by atoms with Crippen molar-refractivity contribution in [3.8, 4) is 0 Å². The molecule has 1 N–H and O–H groups in total. The van der Waals surface area contributed by atoms with Crippen LogP contribution in [-0.2, 0) is 0 Å². The maximum absolute atomic E-state index is 3.95. The van der Waals surface area contributed by atoms with Gasteiger partial charge in [0.25, 0.3) is 0 Å². The molecular weight excluding hydrogens is 244 g/mol. The van der Waals surface area contributed by atoms with E-state index in [4.69, 9.17) is 0 Å². The second kappa shape index (κ2) is 6.79. The van der Waals surface area contributed by atoms with Gasteiger partial charge in [0.2, 0.25) is 0 Å². The first-order valence-corrected chi connectivity index (χ1v) is 8.85. The van der Waals surface area contributed by atoms with Gasteiger partial charge in [-0.1, -0.05) is 33.6 Å². The lowest BCUT2D eigenvalue weighted by Gasteiger charge is -2.41. The monoisotopic (exact) mass is 280 g/mol. The Bertz CT molecular complexity index is 292. The Balaban J connectivity index is 1.80. The summed E-state index contributed by atoms with van der Waals surface area (Å²) in [5.41, 5.74) is 0.456. The molecule has 0 aromatic rings. The number of nitrogens with one attached hydrogen (secondary N) is 1. The van der Waals surface area contributed by atoms with Gasteiger partial charge in [-0.3, -0.25) is 0 Å². The number of hydrogen-bond acceptors (Lipinski definition) is 2. The third-order valence-corrected chi connectivity index (χ3v) is 5.59. The molecule has 2 heteroatoms. The Morgan fingerprint density at radius 2 is 1.80 bits per heavy atom. The van der Waals surface area contributed by atoms with Gasteiger partial charge in [-0.2, -0.15) is 0 Å². The fourth-order valence-corrected chi connectivity index (χ4v) is 4.23. The maximum atomic E-state index is 3.95. The molecule has 1 aliphatic carbocycles. The van der Waals surface area contributed by atoms with Gasteiger partial charge in [0.15, 0.2) is 0 Å². The van der Waals surface area contributed by atoms with Crippen molar-refractivity contribution in [2.24, 2.45) is 17.3 Å². The van der Waals surface area contributed by atoms with Crippen LogP contribution in [0, 0.1) is 17.3 Å². The van der Waals surface area contributed by atoms with Crippen molar-refractivity contribution >= 4 is 0 Å². The molecule has 1 saturated heterocycles. The minimum Gasteiger partial charge on any atom is -0.313 e. The van der Waals surface area contributed by atoms with Crippen LogP contribution in [0.2, 0.25) is 0 Å². The third-order valence-electron chi connectivity index (χ3n) is 5.59. The Hall–Kier alpha value is -0.0800. The van der Waals surface area contributed by atoms with Crippen LogP contribution in [-0.4, -0.2) is 36.6 Å². The Labute approximate surface area is 126 Å². The number of rotatable bonds is 4. The van der Waals surface area contributed by atoms with Crippen molar-refractivity contribution in [2.75, 3.05) is 19.6 Å². The highest BCUT2D eigenvalue weighted by Crippen LogP contribution is 2.38. The van der Waals surface area contributed by atoms with Gasteiger partial charge in [-0.15, -0.1) is 0 Å². The molecule has 0 aromatic heterocycles. The Morgan fingerprint density at radius 1 is 1.10 bits per heavy atom. The van der Waals surface area contributed by atoms with E-state index >= 15 is 0 Å². The first kappa shape index (κ1) is 16.3. The third kappa shape index (κ3) is 4.21. The summed E-state index contributed by atoms with van der Waals surface area (Å²) in [6.07, 6.45) is 7.06. The van der Waals surface area contributed by atoms with Crippen LogP contribution in [0.15, 0.2) is 0 Å². The molecule has 0 bridgehead atoms. The van der Waals surface area contributed by atoms with Crippen molar-refractivity contribution in [1.29, 1.82) is 0 Å². The SMILES string of the molecule is CC(C)N1CCC(CNC2CCCCC2C(C)(C)C)C1. The van der Waals surface area contributed by atoms with E-state index in [0.29, 0.717) is 5.41 Å². The molecule has 2 rings (SSSR count). The summed E-state index contributed by atoms with van der Waals surface area (Å²) in [5, 5.41) is 3.95. The Morgan fingerprint density at radius 3 is 2.40 bits per heavy atom. The van der Waals surface area contributed by atoms with Crippen molar-refractivity contribution in [1.82, 2.24) is 10.2 Å². The molecule has 0 amide bonds. The molecule has 3 unspecified atom stereocenters. The zero-order valence-corrected chi connectivity index (χ0v) is 14.4. The lowest BCUT2D eigenvalue weighted by atomic mass is 9.69. The highest BCUT2D eigenvalue weighted by Gasteiger charge is 2.34. The fourth-order valence-electron chi connectivity index (χ4n) is 4.23. The summed E-state index contributed by atoms with van der Waals surface area (Å²) in [6.45, 7) is 15.8. The normalized spacial score (nSPS) is 33.0. The molecule has 2 fully saturated rings. The summed E-state index contributed by atoms with van der Waals surface area (Å²) >= 11 is 0. The second-order valence-corrected chi connectivity index (χ2v) is 8.52. The molecule has 20 heavy (non-hydrogen) atoms. The fraction of sp³-hybridized carbons (Fsp3) is 1.00. The maximum Gasteiger partial charge on any atom is 0.0100 e. The zero-order chi connectivity index (χ0) is 14.8. The number of hydrogen-bond donors (Lipinski definition) is 1. The van der Waals surface area contributed by atoms with E-state index in [-0.39, 0.29) is 0 Å². The van der Waals surface area contributed by atoms with Gasteiger partial charge in [0, 0.05) is 18.6 Å². The smallest absolute Gasteiger partial charge is 0.0100 e. The number of nitrogens with zero attached hydrogens (tertiary/aromatic N) is 1. The minimum absolute atomic E-state index is 0.456. The van der Waals surface area contributed by atoms with Crippen LogP contribution >= 0.6 is 0 Å². The van der Waals surface area contributed by atoms with Crippen molar-refractivity contribution in [2.45, 2.75) is 78.8 Å². The van der Waals surface area contributed by atoms with E-state index in [1.54, 1.807) is 0 Å². The van der Waals surface area contributed by atoms with E-state index in [1.807, 2.05) is 0 Å². The molecule has 1 heterocycles. The Kier molecular flexibility index (Phi) is 5.53. The van der Waals surface area contributed by atoms with Gasteiger partial charge >= 0.3 is 0 Å². The van der Waals surface area contributed by atoms with Crippen LogP contribution in [0.3, 0.4) is 0 Å². The highest BCUT2D eigenvalue weighted by atomic mass is 15.2. The topological polar surface area (TPSA) is 15.3 Å². The van der Waals surface area contributed by atoms with Gasteiger partial charge in [-0.05, 0) is 63.5 Å². The average Bonchev–Trinajstić information content (AvgIpc) is 2.84. The molecule has 1 saturated carbocycles. The first-order valence-electron chi connectivity index (χ1n) is 8.85. The molecule has 0 radical (unpaired) electrons. The quantitative estimate of drug-likeness (QED) is 0.840. The lowest BCUT2D eigenvalue weighted by molar-refractivity contribution is 0.128. The highest BCUT2D eigenvalue weighted by molar-refractivity contribution is 4.89. The first-order chi connectivity index (χ1) is 9.38. The molecule has 2 aliphatic rings. The molecule has 2 nitrogen and oxygen atoms in total. The predicted octanol–water partition coefficient (Wildman–Crippen LogP) is 3.91. The summed E-state index contributed by atoms with van der Waals surface area (Å²) in [5.74, 6) is 1.73. The van der Waals surface area contributed by atoms with Gasteiger partial charge in [-0.25, -0.2) is 0 Å². The molecule has 0 spiro atoms. The molecular formula is C18H36N2. The van der Waals surface area contributed by atoms with Gasteiger partial charge < -0.3 is 10.2 Å². The minimum atomic E-state index is 0.456. The lowest BCUT2D eigenvalue weighted by Crippen LogP contribution is -2.46. The van der Waals surface area contributed by atoms with Crippen molar-refractivity contribution in [3.05, 3.63) is 0 Å². The van der Waals surface area contributed by atoms with Crippen LogP contribution in [0.5, 0.6) is 0 Å². The van der Waals surface area contributed by atoms with Crippen molar-refractivity contribution in [3.63, 3.8) is 0 Å². The summed E-state index contributed by atoms with van der Waals surface area (Å²) in [4.78, 5) is 2.63. The number of likely N-dealkylation sites (tertiary alicyclic amines) is 1. The summed E-state index contributed by atoms with van der Waals surface area (Å²) < 4.78 is 0. The molecule has 0 aromatic carbocycles. The average molecular weight is 280 g/mol. The van der Waals surface area contributed by atoms with E-state index in [1.165, 1.54) is 51.7 Å². The van der Waals surface area contributed by atoms with Gasteiger partial charge in [0.05, 0.1) is 0 Å². The second-order valence-electron chi connectivity index (χ2n) is 8.52. The van der Waals surface area contributed by atoms with Crippen LogP contribution in [0.25, 0.3) is 0 Å². The largest absolute Gasteiger partial charge is 0.313 e. The van der Waals surface area contributed by atoms with Crippen LogP contribution < -0.4 is 5.32 Å². The van der Waals surface area contributed by atoms with E-state index < -0.39 is 0 Å². The standard InChI is InChI=1S/C18H36N2/c1-14(2)20-11-10-15(13-20)12-19-17-9-7-6-8-16(17)18(3,4)5/h14-17,19H,6-13H2,1-5H3. The zero-order valence-electron chi connectivity index (χ0n) is 14.4. The van der Waals surface area contributed by atoms with E-state index in [9.17, 15) is 0 Å². The van der Waals surface area contributed by atoms with Crippen LogP contribution in [0.4, 0.5) is 0 Å².